The van der Waals surface area contributed by atoms with Gasteiger partial charge >= 0.3 is 0 Å². The zero-order valence-electron chi connectivity index (χ0n) is 15.1. The fourth-order valence-corrected chi connectivity index (χ4v) is 3.27. The first-order chi connectivity index (χ1) is 12.7. The number of furan rings is 1. The van der Waals surface area contributed by atoms with Gasteiger partial charge in [-0.2, -0.15) is 0 Å². The molecule has 140 valence electrons. The number of aliphatic imine (C=N–C) groups is 1. The second-order valence-electron chi connectivity index (χ2n) is 6.56. The number of guanidine groups is 1. The lowest BCUT2D eigenvalue weighted by atomic mass is 10.1. The first kappa shape index (κ1) is 18.8. The van der Waals surface area contributed by atoms with Gasteiger partial charge in [-0.1, -0.05) is 29.8 Å². The predicted octanol–water partition coefficient (Wildman–Crippen LogP) is 3.81. The second-order valence-corrected chi connectivity index (χ2v) is 6.97. The lowest BCUT2D eigenvalue weighted by molar-refractivity contribution is 0.187. The molecule has 1 aromatic heterocycles. The maximum atomic E-state index is 6.33. The third-order valence-electron chi connectivity index (χ3n) is 4.50. The van der Waals surface area contributed by atoms with Crippen LogP contribution in [0.25, 0.3) is 0 Å². The van der Waals surface area contributed by atoms with Gasteiger partial charge in [0.05, 0.1) is 18.9 Å². The molecular formula is C20H26ClN3O2. The molecule has 0 radical (unpaired) electrons. The van der Waals surface area contributed by atoms with Crippen LogP contribution in [-0.4, -0.2) is 32.3 Å². The number of rotatable bonds is 7. The molecule has 2 heterocycles. The Morgan fingerprint density at radius 3 is 2.92 bits per heavy atom. The zero-order valence-corrected chi connectivity index (χ0v) is 15.8. The van der Waals surface area contributed by atoms with Crippen LogP contribution >= 0.6 is 11.6 Å². The molecule has 2 N–H and O–H groups in total. The number of nitrogens with one attached hydrogen (secondary N) is 2. The molecule has 2 unspecified atom stereocenters. The maximum absolute atomic E-state index is 6.33. The van der Waals surface area contributed by atoms with Crippen molar-refractivity contribution in [1.82, 2.24) is 10.6 Å². The van der Waals surface area contributed by atoms with E-state index >= 15 is 0 Å². The third kappa shape index (κ3) is 5.51. The van der Waals surface area contributed by atoms with Gasteiger partial charge in [0, 0.05) is 37.1 Å². The summed E-state index contributed by atoms with van der Waals surface area (Å²) in [5.74, 6) is 2.24. The molecule has 0 spiro atoms. The minimum Gasteiger partial charge on any atom is -0.469 e. The van der Waals surface area contributed by atoms with E-state index in [4.69, 9.17) is 25.7 Å². The Bertz CT molecular complexity index is 697. The Hall–Kier alpha value is -1.98. The number of halogens is 1. The standard InChI is InChI=1S/C20H26ClN3O2/c1-15(18-6-2-3-7-19(18)21)24-20(23-13-16-9-12-25-14-16)22-10-8-17-5-4-11-26-17/h2-7,11,15-16H,8-10,12-14H2,1H3,(H2,22,23,24). The largest absolute Gasteiger partial charge is 0.469 e. The summed E-state index contributed by atoms with van der Waals surface area (Å²) in [6, 6.07) is 11.8. The van der Waals surface area contributed by atoms with Crippen molar-refractivity contribution in [2.45, 2.75) is 25.8 Å². The van der Waals surface area contributed by atoms with Crippen molar-refractivity contribution >= 4 is 17.6 Å². The van der Waals surface area contributed by atoms with Crippen LogP contribution in [0.2, 0.25) is 5.02 Å². The van der Waals surface area contributed by atoms with E-state index in [1.54, 1.807) is 6.26 Å². The molecule has 1 aromatic carbocycles. The summed E-state index contributed by atoms with van der Waals surface area (Å²) in [6.45, 7) is 5.22. The van der Waals surface area contributed by atoms with Crippen LogP contribution in [0.1, 0.15) is 30.7 Å². The highest BCUT2D eigenvalue weighted by molar-refractivity contribution is 6.31. The van der Waals surface area contributed by atoms with E-state index in [-0.39, 0.29) is 6.04 Å². The first-order valence-electron chi connectivity index (χ1n) is 9.12. The quantitative estimate of drug-likeness (QED) is 0.570. The van der Waals surface area contributed by atoms with Gasteiger partial charge in [-0.05, 0) is 37.1 Å². The van der Waals surface area contributed by atoms with Gasteiger partial charge < -0.3 is 19.8 Å². The monoisotopic (exact) mass is 375 g/mol. The van der Waals surface area contributed by atoms with Gasteiger partial charge in [-0.25, -0.2) is 0 Å². The Labute approximate surface area is 159 Å². The summed E-state index contributed by atoms with van der Waals surface area (Å²) < 4.78 is 10.8. The molecule has 1 fully saturated rings. The van der Waals surface area contributed by atoms with E-state index in [9.17, 15) is 0 Å². The highest BCUT2D eigenvalue weighted by Gasteiger charge is 2.16. The molecule has 1 aliphatic heterocycles. The van der Waals surface area contributed by atoms with Crippen molar-refractivity contribution in [2.24, 2.45) is 10.9 Å². The number of nitrogens with zero attached hydrogens (tertiary/aromatic N) is 1. The van der Waals surface area contributed by atoms with Crippen molar-refractivity contribution in [3.8, 4) is 0 Å². The molecule has 0 amide bonds. The normalized spacial score (nSPS) is 18.7. The van der Waals surface area contributed by atoms with Gasteiger partial charge in [0.15, 0.2) is 5.96 Å². The van der Waals surface area contributed by atoms with Gasteiger partial charge in [0.25, 0.3) is 0 Å². The molecule has 2 aromatic rings. The van der Waals surface area contributed by atoms with E-state index in [0.717, 1.165) is 61.5 Å². The van der Waals surface area contributed by atoms with Crippen LogP contribution in [0.5, 0.6) is 0 Å². The summed E-state index contributed by atoms with van der Waals surface area (Å²) in [5.41, 5.74) is 1.05. The SMILES string of the molecule is CC(NC(=NCC1CCOC1)NCCc1ccco1)c1ccccc1Cl. The highest BCUT2D eigenvalue weighted by atomic mass is 35.5. The number of benzene rings is 1. The molecule has 0 aliphatic carbocycles. The minimum absolute atomic E-state index is 0.0541. The van der Waals surface area contributed by atoms with Crippen LogP contribution in [0.4, 0.5) is 0 Å². The summed E-state index contributed by atoms with van der Waals surface area (Å²) in [5, 5.41) is 7.61. The van der Waals surface area contributed by atoms with Crippen LogP contribution < -0.4 is 10.6 Å². The van der Waals surface area contributed by atoms with Crippen molar-refractivity contribution in [2.75, 3.05) is 26.3 Å². The van der Waals surface area contributed by atoms with E-state index < -0.39 is 0 Å². The molecule has 5 nitrogen and oxygen atoms in total. The van der Waals surface area contributed by atoms with E-state index in [2.05, 4.69) is 17.6 Å². The lowest BCUT2D eigenvalue weighted by Crippen LogP contribution is -2.40. The van der Waals surface area contributed by atoms with Crippen molar-refractivity contribution in [3.63, 3.8) is 0 Å². The van der Waals surface area contributed by atoms with Crippen molar-refractivity contribution < 1.29 is 9.15 Å². The number of hydrogen-bond acceptors (Lipinski definition) is 3. The van der Waals surface area contributed by atoms with Gasteiger partial charge in [-0.3, -0.25) is 4.99 Å². The topological polar surface area (TPSA) is 58.8 Å². The smallest absolute Gasteiger partial charge is 0.191 e. The fraction of sp³-hybridized carbons (Fsp3) is 0.450. The average Bonchev–Trinajstić information content (AvgIpc) is 3.33. The number of ether oxygens (including phenoxy) is 1. The third-order valence-corrected chi connectivity index (χ3v) is 4.84. The van der Waals surface area contributed by atoms with Crippen LogP contribution in [0.3, 0.4) is 0 Å². The minimum atomic E-state index is 0.0541. The van der Waals surface area contributed by atoms with Gasteiger partial charge in [0.1, 0.15) is 5.76 Å². The van der Waals surface area contributed by atoms with Gasteiger partial charge in [-0.15, -0.1) is 0 Å². The average molecular weight is 376 g/mol. The zero-order chi connectivity index (χ0) is 18.2. The Balaban J connectivity index is 1.60. The molecule has 3 rings (SSSR count). The van der Waals surface area contributed by atoms with Crippen molar-refractivity contribution in [3.05, 3.63) is 59.0 Å². The summed E-state index contributed by atoms with van der Waals surface area (Å²) in [6.07, 6.45) is 3.58. The Morgan fingerprint density at radius 2 is 2.19 bits per heavy atom. The summed E-state index contributed by atoms with van der Waals surface area (Å²) in [4.78, 5) is 4.76. The Morgan fingerprint density at radius 1 is 1.31 bits per heavy atom. The molecular weight excluding hydrogens is 350 g/mol. The maximum Gasteiger partial charge on any atom is 0.191 e. The summed E-state index contributed by atoms with van der Waals surface area (Å²) in [7, 11) is 0. The van der Waals surface area contributed by atoms with Crippen molar-refractivity contribution in [1.29, 1.82) is 0 Å². The lowest BCUT2D eigenvalue weighted by Gasteiger charge is -2.20. The van der Waals surface area contributed by atoms with Gasteiger partial charge in [0.2, 0.25) is 0 Å². The molecule has 6 heteroatoms. The van der Waals surface area contributed by atoms with E-state index in [1.165, 1.54) is 0 Å². The highest BCUT2D eigenvalue weighted by Crippen LogP contribution is 2.22. The Kier molecular flexibility index (Phi) is 6.97. The van der Waals surface area contributed by atoms with Crippen LogP contribution in [-0.2, 0) is 11.2 Å². The van der Waals surface area contributed by atoms with E-state index in [0.29, 0.717) is 5.92 Å². The molecule has 0 saturated carbocycles. The molecule has 0 bridgehead atoms. The predicted molar refractivity (Wildman–Crippen MR) is 105 cm³/mol. The second kappa shape index (κ2) is 9.64. The molecule has 2 atom stereocenters. The molecule has 26 heavy (non-hydrogen) atoms. The molecule has 1 aliphatic rings. The number of hydrogen-bond donors (Lipinski definition) is 2. The van der Waals surface area contributed by atoms with E-state index in [1.807, 2.05) is 36.4 Å². The van der Waals surface area contributed by atoms with Crippen LogP contribution in [0, 0.1) is 5.92 Å². The first-order valence-corrected chi connectivity index (χ1v) is 9.49. The molecule has 1 saturated heterocycles. The summed E-state index contributed by atoms with van der Waals surface area (Å²) >= 11 is 6.33. The van der Waals surface area contributed by atoms with Crippen LogP contribution in [0.15, 0.2) is 52.1 Å². The fourth-order valence-electron chi connectivity index (χ4n) is 2.97.